The molecule has 0 bridgehead atoms. The van der Waals surface area contributed by atoms with Crippen molar-refractivity contribution < 1.29 is 19.2 Å². The predicted molar refractivity (Wildman–Crippen MR) is 120 cm³/mol. The minimum absolute atomic E-state index is 0.00641. The van der Waals surface area contributed by atoms with Gasteiger partial charge >= 0.3 is 0 Å². The summed E-state index contributed by atoms with van der Waals surface area (Å²) in [6.45, 7) is 2.19. The van der Waals surface area contributed by atoms with Gasteiger partial charge in [0.25, 0.3) is 16.8 Å². The van der Waals surface area contributed by atoms with Gasteiger partial charge in [0.05, 0.1) is 9.83 Å². The van der Waals surface area contributed by atoms with Crippen LogP contribution in [0.3, 0.4) is 0 Å². The Balaban J connectivity index is 1.72. The highest BCUT2D eigenvalue weighted by Crippen LogP contribution is 2.37. The second-order valence-corrected chi connectivity index (χ2v) is 7.83. The van der Waals surface area contributed by atoms with Crippen molar-refractivity contribution in [2.75, 3.05) is 6.54 Å². The summed E-state index contributed by atoms with van der Waals surface area (Å²) in [5.74, 6) is 0.198. The summed E-state index contributed by atoms with van der Waals surface area (Å²) in [6, 6.07) is 17.6. The van der Waals surface area contributed by atoms with Crippen molar-refractivity contribution >= 4 is 45.4 Å². The number of likely N-dealkylation sites (N-methyl/N-ethyl adjacent to an activating group) is 1. The van der Waals surface area contributed by atoms with Crippen molar-refractivity contribution in [3.05, 3.63) is 86.8 Å². The number of carbonyl (C=O) groups is 2. The number of nitro groups is 1. The predicted octanol–water partition coefficient (Wildman–Crippen LogP) is 5.38. The molecule has 1 aliphatic rings. The molecule has 0 saturated carbocycles. The Kier molecular flexibility index (Phi) is 5.73. The van der Waals surface area contributed by atoms with Crippen LogP contribution in [0.2, 0.25) is 0 Å². The lowest BCUT2D eigenvalue weighted by atomic mass is 10.0. The van der Waals surface area contributed by atoms with Gasteiger partial charge in [-0.05, 0) is 47.2 Å². The lowest BCUT2D eigenvalue weighted by molar-refractivity contribution is -0.384. The normalized spacial score (nSPS) is 15.1. The van der Waals surface area contributed by atoms with Crippen molar-refractivity contribution in [1.29, 1.82) is 0 Å². The number of rotatable bonds is 6. The van der Waals surface area contributed by atoms with Gasteiger partial charge in [-0.15, -0.1) is 0 Å². The van der Waals surface area contributed by atoms with E-state index in [0.29, 0.717) is 28.3 Å². The fourth-order valence-electron chi connectivity index (χ4n) is 3.37. The van der Waals surface area contributed by atoms with Crippen LogP contribution >= 0.6 is 11.8 Å². The van der Waals surface area contributed by atoms with Crippen molar-refractivity contribution in [3.8, 4) is 5.75 Å². The fourth-order valence-corrected chi connectivity index (χ4v) is 4.26. The molecular formula is C23H18N2O5S. The van der Waals surface area contributed by atoms with E-state index in [1.807, 2.05) is 30.3 Å². The van der Waals surface area contributed by atoms with Crippen molar-refractivity contribution in [1.82, 2.24) is 4.90 Å². The van der Waals surface area contributed by atoms with Crippen LogP contribution in [0.25, 0.3) is 16.8 Å². The van der Waals surface area contributed by atoms with E-state index in [4.69, 9.17) is 4.74 Å². The molecule has 0 aromatic heterocycles. The van der Waals surface area contributed by atoms with Gasteiger partial charge in [0.2, 0.25) is 0 Å². The van der Waals surface area contributed by atoms with Gasteiger partial charge < -0.3 is 4.74 Å². The van der Waals surface area contributed by atoms with Crippen LogP contribution < -0.4 is 4.74 Å². The molecule has 0 N–H and O–H groups in total. The van der Waals surface area contributed by atoms with Crippen LogP contribution in [-0.2, 0) is 11.4 Å². The standard InChI is InChI=1S/C23H18N2O5S/c1-2-24-22(26)21(31-23(24)27)13-19-18-9-4-3-7-16(18)10-11-20(19)30-14-15-6-5-8-17(12-15)25(28)29/h3-13H,2,14H2,1H3/b21-13+. The van der Waals surface area contributed by atoms with E-state index in [1.54, 1.807) is 31.2 Å². The summed E-state index contributed by atoms with van der Waals surface area (Å²) in [6.07, 6.45) is 1.69. The molecule has 0 atom stereocenters. The van der Waals surface area contributed by atoms with E-state index in [9.17, 15) is 19.7 Å². The monoisotopic (exact) mass is 434 g/mol. The Morgan fingerprint density at radius 1 is 1.10 bits per heavy atom. The molecule has 1 aliphatic heterocycles. The number of thioether (sulfide) groups is 1. The Bertz CT molecular complexity index is 1240. The lowest BCUT2D eigenvalue weighted by Crippen LogP contribution is -2.27. The number of nitro benzene ring substituents is 1. The Labute approximate surface area is 182 Å². The maximum Gasteiger partial charge on any atom is 0.293 e. The zero-order chi connectivity index (χ0) is 22.0. The molecule has 1 fully saturated rings. The van der Waals surface area contributed by atoms with Gasteiger partial charge in [0.15, 0.2) is 0 Å². The fraction of sp³-hybridized carbons (Fsp3) is 0.130. The first-order valence-electron chi connectivity index (χ1n) is 9.61. The van der Waals surface area contributed by atoms with E-state index in [1.165, 1.54) is 17.0 Å². The summed E-state index contributed by atoms with van der Waals surface area (Å²) >= 11 is 0.906. The number of imide groups is 1. The largest absolute Gasteiger partial charge is 0.488 e. The highest BCUT2D eigenvalue weighted by molar-refractivity contribution is 8.18. The van der Waals surface area contributed by atoms with Crippen LogP contribution in [-0.4, -0.2) is 27.5 Å². The molecule has 0 aliphatic carbocycles. The van der Waals surface area contributed by atoms with Gasteiger partial charge in [-0.3, -0.25) is 24.6 Å². The molecule has 3 aromatic carbocycles. The first-order chi connectivity index (χ1) is 15.0. The quantitative estimate of drug-likeness (QED) is 0.294. The molecule has 1 saturated heterocycles. The van der Waals surface area contributed by atoms with Crippen LogP contribution in [0.1, 0.15) is 18.1 Å². The Morgan fingerprint density at radius 3 is 2.65 bits per heavy atom. The Hall–Kier alpha value is -3.65. The van der Waals surface area contributed by atoms with E-state index in [2.05, 4.69) is 0 Å². The maximum atomic E-state index is 12.6. The maximum absolute atomic E-state index is 12.6. The van der Waals surface area contributed by atoms with Gasteiger partial charge in [-0.2, -0.15) is 0 Å². The molecule has 0 unspecified atom stereocenters. The summed E-state index contributed by atoms with van der Waals surface area (Å²) in [5.41, 5.74) is 1.33. The summed E-state index contributed by atoms with van der Waals surface area (Å²) < 4.78 is 6.01. The number of fused-ring (bicyclic) bond motifs is 1. The van der Waals surface area contributed by atoms with Crippen molar-refractivity contribution in [3.63, 3.8) is 0 Å². The first-order valence-corrected chi connectivity index (χ1v) is 10.4. The smallest absolute Gasteiger partial charge is 0.293 e. The molecular weight excluding hydrogens is 416 g/mol. The summed E-state index contributed by atoms with van der Waals surface area (Å²) in [5, 5.41) is 12.6. The topological polar surface area (TPSA) is 89.8 Å². The van der Waals surface area contributed by atoms with Crippen LogP contribution in [0, 0.1) is 10.1 Å². The number of non-ortho nitro benzene ring substituents is 1. The molecule has 156 valence electrons. The molecule has 4 rings (SSSR count). The third kappa shape index (κ3) is 4.15. The average molecular weight is 434 g/mol. The van der Waals surface area contributed by atoms with E-state index < -0.39 is 4.92 Å². The van der Waals surface area contributed by atoms with E-state index in [-0.39, 0.29) is 23.4 Å². The average Bonchev–Trinajstić information content (AvgIpc) is 3.05. The molecule has 1 heterocycles. The van der Waals surface area contributed by atoms with Gasteiger partial charge in [-0.25, -0.2) is 0 Å². The summed E-state index contributed by atoms with van der Waals surface area (Å²) in [4.78, 5) is 36.8. The van der Waals surface area contributed by atoms with Crippen molar-refractivity contribution in [2.45, 2.75) is 13.5 Å². The molecule has 0 spiro atoms. The van der Waals surface area contributed by atoms with E-state index >= 15 is 0 Å². The number of hydrogen-bond donors (Lipinski definition) is 0. The highest BCUT2D eigenvalue weighted by Gasteiger charge is 2.34. The third-order valence-electron chi connectivity index (χ3n) is 4.91. The second kappa shape index (κ2) is 8.61. The molecule has 8 heteroatoms. The van der Waals surface area contributed by atoms with Gasteiger partial charge in [0, 0.05) is 24.2 Å². The number of amides is 2. The number of carbonyl (C=O) groups excluding carboxylic acids is 2. The Morgan fingerprint density at radius 2 is 1.90 bits per heavy atom. The highest BCUT2D eigenvalue weighted by atomic mass is 32.2. The zero-order valence-corrected chi connectivity index (χ0v) is 17.4. The second-order valence-electron chi connectivity index (χ2n) is 6.84. The molecule has 2 amide bonds. The van der Waals surface area contributed by atoms with Crippen molar-refractivity contribution in [2.24, 2.45) is 0 Å². The van der Waals surface area contributed by atoms with E-state index in [0.717, 1.165) is 22.5 Å². The minimum atomic E-state index is -0.450. The van der Waals surface area contributed by atoms with Gasteiger partial charge in [0.1, 0.15) is 12.4 Å². The van der Waals surface area contributed by atoms with Crippen LogP contribution in [0.15, 0.2) is 65.6 Å². The lowest BCUT2D eigenvalue weighted by Gasteiger charge is -2.13. The number of hydrogen-bond acceptors (Lipinski definition) is 6. The van der Waals surface area contributed by atoms with Crippen LogP contribution in [0.4, 0.5) is 10.5 Å². The SMILES string of the molecule is CCN1C(=O)S/C(=C/c2c(OCc3cccc([N+](=O)[O-])c3)ccc3ccccc23)C1=O. The number of nitrogens with zero attached hydrogens (tertiary/aromatic N) is 2. The first kappa shape index (κ1) is 20.6. The zero-order valence-electron chi connectivity index (χ0n) is 16.6. The molecule has 3 aromatic rings. The minimum Gasteiger partial charge on any atom is -0.488 e. The number of ether oxygens (including phenoxy) is 1. The van der Waals surface area contributed by atoms with Gasteiger partial charge in [-0.1, -0.05) is 42.5 Å². The third-order valence-corrected chi connectivity index (χ3v) is 5.82. The molecule has 0 radical (unpaired) electrons. The van der Waals surface area contributed by atoms with Crippen LogP contribution in [0.5, 0.6) is 5.75 Å². The molecule has 31 heavy (non-hydrogen) atoms. The summed E-state index contributed by atoms with van der Waals surface area (Å²) in [7, 11) is 0. The molecule has 7 nitrogen and oxygen atoms in total. The number of benzene rings is 3.